The summed E-state index contributed by atoms with van der Waals surface area (Å²) in [4.78, 5) is 0. The van der Waals surface area contributed by atoms with Crippen LogP contribution in [-0.4, -0.2) is 35.5 Å². The first kappa shape index (κ1) is 13.4. The molecule has 4 nitrogen and oxygen atoms in total. The Labute approximate surface area is 105 Å². The normalized spacial score (nSPS) is 19.9. The lowest BCUT2D eigenvalue weighted by molar-refractivity contribution is 0.110. The zero-order chi connectivity index (χ0) is 13.0. The van der Waals surface area contributed by atoms with Crippen LogP contribution in [0.1, 0.15) is 24.1 Å². The largest absolute Gasteiger partial charge is 0.377 e. The van der Waals surface area contributed by atoms with Crippen LogP contribution in [0.25, 0.3) is 0 Å². The molecule has 0 spiro atoms. The van der Waals surface area contributed by atoms with Crippen molar-refractivity contribution in [3.63, 3.8) is 0 Å². The number of halogens is 2. The van der Waals surface area contributed by atoms with Crippen LogP contribution in [0.4, 0.5) is 8.78 Å². The highest BCUT2D eigenvalue weighted by Gasteiger charge is 2.15. The molecule has 1 fully saturated rings. The fourth-order valence-electron chi connectivity index (χ4n) is 2.15. The summed E-state index contributed by atoms with van der Waals surface area (Å²) in [5.74, 6) is 0. The first-order valence-electron chi connectivity index (χ1n) is 6.28. The monoisotopic (exact) mass is 259 g/mol. The zero-order valence-corrected chi connectivity index (χ0v) is 10.5. The highest BCUT2D eigenvalue weighted by Crippen LogP contribution is 2.12. The van der Waals surface area contributed by atoms with Gasteiger partial charge in [-0.2, -0.15) is 5.10 Å². The number of ether oxygens (including phenoxy) is 1. The second-order valence-electron chi connectivity index (χ2n) is 4.59. The summed E-state index contributed by atoms with van der Waals surface area (Å²) < 4.78 is 31.4. The predicted octanol–water partition coefficient (Wildman–Crippen LogP) is 1.73. The minimum absolute atomic E-state index is 0.293. The van der Waals surface area contributed by atoms with Crippen molar-refractivity contribution in [3.05, 3.63) is 17.5 Å². The van der Waals surface area contributed by atoms with Crippen LogP contribution < -0.4 is 5.32 Å². The van der Waals surface area contributed by atoms with E-state index in [9.17, 15) is 8.78 Å². The molecule has 2 heterocycles. The Kier molecular flexibility index (Phi) is 4.66. The number of nitrogens with one attached hydrogen (secondary N) is 1. The van der Waals surface area contributed by atoms with Crippen molar-refractivity contribution in [3.8, 4) is 0 Å². The van der Waals surface area contributed by atoms with Crippen molar-refractivity contribution in [1.82, 2.24) is 15.1 Å². The van der Waals surface area contributed by atoms with Crippen molar-refractivity contribution in [2.45, 2.75) is 45.4 Å². The predicted molar refractivity (Wildman–Crippen MR) is 63.6 cm³/mol. The van der Waals surface area contributed by atoms with Crippen molar-refractivity contribution < 1.29 is 13.5 Å². The number of alkyl halides is 2. The second-order valence-corrected chi connectivity index (χ2v) is 4.59. The van der Waals surface area contributed by atoms with Gasteiger partial charge in [-0.25, -0.2) is 8.78 Å². The van der Waals surface area contributed by atoms with Crippen molar-refractivity contribution >= 4 is 0 Å². The average molecular weight is 259 g/mol. The van der Waals surface area contributed by atoms with Crippen LogP contribution >= 0.6 is 0 Å². The van der Waals surface area contributed by atoms with Gasteiger partial charge in [0.25, 0.3) is 6.43 Å². The highest BCUT2D eigenvalue weighted by molar-refractivity contribution is 5.15. The van der Waals surface area contributed by atoms with Crippen LogP contribution in [0.5, 0.6) is 0 Å². The van der Waals surface area contributed by atoms with E-state index in [-0.39, 0.29) is 6.54 Å². The first-order valence-corrected chi connectivity index (χ1v) is 6.28. The third-order valence-corrected chi connectivity index (χ3v) is 3.23. The fourth-order valence-corrected chi connectivity index (χ4v) is 2.15. The van der Waals surface area contributed by atoms with Gasteiger partial charge >= 0.3 is 0 Å². The summed E-state index contributed by atoms with van der Waals surface area (Å²) in [7, 11) is 0. The third-order valence-electron chi connectivity index (χ3n) is 3.23. The minimum Gasteiger partial charge on any atom is -0.377 e. The van der Waals surface area contributed by atoms with E-state index in [1.54, 1.807) is 6.20 Å². The summed E-state index contributed by atoms with van der Waals surface area (Å²) in [5.41, 5.74) is 1.77. The van der Waals surface area contributed by atoms with Gasteiger partial charge in [0, 0.05) is 31.0 Å². The van der Waals surface area contributed by atoms with E-state index < -0.39 is 6.43 Å². The Bertz CT molecular complexity index is 375. The zero-order valence-electron chi connectivity index (χ0n) is 10.5. The van der Waals surface area contributed by atoms with Crippen molar-refractivity contribution in [2.24, 2.45) is 0 Å². The molecule has 0 radical (unpaired) electrons. The van der Waals surface area contributed by atoms with Gasteiger partial charge in [-0.05, 0) is 19.8 Å². The van der Waals surface area contributed by atoms with Gasteiger partial charge in [-0.15, -0.1) is 0 Å². The molecule has 1 aliphatic heterocycles. The lowest BCUT2D eigenvalue weighted by atomic mass is 10.2. The molecule has 1 atom stereocenters. The van der Waals surface area contributed by atoms with E-state index in [0.717, 1.165) is 37.3 Å². The average Bonchev–Trinajstić information content (AvgIpc) is 2.93. The van der Waals surface area contributed by atoms with Crippen LogP contribution in [0.2, 0.25) is 0 Å². The molecule has 0 aliphatic carbocycles. The molecule has 1 saturated heterocycles. The van der Waals surface area contributed by atoms with Gasteiger partial charge < -0.3 is 10.1 Å². The van der Waals surface area contributed by atoms with Gasteiger partial charge in [0.2, 0.25) is 0 Å². The van der Waals surface area contributed by atoms with E-state index in [2.05, 4.69) is 10.4 Å². The van der Waals surface area contributed by atoms with E-state index in [1.807, 2.05) is 6.92 Å². The Morgan fingerprint density at radius 2 is 2.44 bits per heavy atom. The molecule has 1 N–H and O–H groups in total. The van der Waals surface area contributed by atoms with Crippen molar-refractivity contribution in [1.29, 1.82) is 0 Å². The van der Waals surface area contributed by atoms with Gasteiger partial charge in [0.15, 0.2) is 0 Å². The minimum atomic E-state index is -2.36. The molecule has 1 aromatic heterocycles. The molecular formula is C12H19F2N3O. The van der Waals surface area contributed by atoms with Gasteiger partial charge in [-0.3, -0.25) is 4.68 Å². The molecule has 0 aromatic carbocycles. The number of rotatable bonds is 6. The van der Waals surface area contributed by atoms with Crippen molar-refractivity contribution in [2.75, 3.05) is 13.2 Å². The first-order chi connectivity index (χ1) is 8.66. The second kappa shape index (κ2) is 6.24. The van der Waals surface area contributed by atoms with Gasteiger partial charge in [0.1, 0.15) is 6.54 Å². The molecule has 102 valence electrons. The topological polar surface area (TPSA) is 39.1 Å². The van der Waals surface area contributed by atoms with E-state index >= 15 is 0 Å². The van der Waals surface area contributed by atoms with Crippen LogP contribution in [0.3, 0.4) is 0 Å². The third kappa shape index (κ3) is 3.49. The van der Waals surface area contributed by atoms with Crippen LogP contribution in [0, 0.1) is 6.92 Å². The molecule has 0 bridgehead atoms. The molecule has 1 aromatic rings. The lowest BCUT2D eigenvalue weighted by Crippen LogP contribution is -2.26. The number of aromatic nitrogens is 2. The van der Waals surface area contributed by atoms with Gasteiger partial charge in [-0.1, -0.05) is 0 Å². The summed E-state index contributed by atoms with van der Waals surface area (Å²) in [6.45, 7) is 3.78. The van der Waals surface area contributed by atoms with Crippen LogP contribution in [-0.2, 0) is 17.8 Å². The maximum Gasteiger partial charge on any atom is 0.257 e. The van der Waals surface area contributed by atoms with Gasteiger partial charge in [0.05, 0.1) is 12.3 Å². The van der Waals surface area contributed by atoms with Crippen LogP contribution in [0.15, 0.2) is 6.20 Å². The molecule has 1 unspecified atom stereocenters. The standard InChI is InChI=1S/C12H19F2N3O/c1-9-10(6-16-17(9)8-12(13)14)5-15-7-11-3-2-4-18-11/h6,11-12,15H,2-5,7-8H2,1H3. The Morgan fingerprint density at radius 3 is 3.11 bits per heavy atom. The number of nitrogens with zero attached hydrogens (tertiary/aromatic N) is 2. The molecular weight excluding hydrogens is 240 g/mol. The summed E-state index contributed by atoms with van der Waals surface area (Å²) in [6.07, 6.45) is 1.80. The molecule has 0 saturated carbocycles. The number of hydrogen-bond donors (Lipinski definition) is 1. The maximum atomic E-state index is 12.3. The molecule has 6 heteroatoms. The highest BCUT2D eigenvalue weighted by atomic mass is 19.3. The lowest BCUT2D eigenvalue weighted by Gasteiger charge is -2.10. The maximum absolute atomic E-state index is 12.3. The number of hydrogen-bond acceptors (Lipinski definition) is 3. The summed E-state index contributed by atoms with van der Waals surface area (Å²) in [6, 6.07) is 0. The van der Waals surface area contributed by atoms with E-state index in [4.69, 9.17) is 4.74 Å². The Morgan fingerprint density at radius 1 is 1.61 bits per heavy atom. The Hall–Kier alpha value is -1.01. The molecule has 18 heavy (non-hydrogen) atoms. The molecule has 2 rings (SSSR count). The quantitative estimate of drug-likeness (QED) is 0.845. The Balaban J connectivity index is 1.80. The van der Waals surface area contributed by atoms with E-state index in [0.29, 0.717) is 12.6 Å². The SMILES string of the molecule is Cc1c(CNCC2CCCO2)cnn1CC(F)F. The fraction of sp³-hybridized carbons (Fsp3) is 0.750. The summed E-state index contributed by atoms with van der Waals surface area (Å²) in [5, 5.41) is 7.26. The van der Waals surface area contributed by atoms with E-state index in [1.165, 1.54) is 4.68 Å². The summed E-state index contributed by atoms with van der Waals surface area (Å²) >= 11 is 0. The molecule has 1 aliphatic rings. The smallest absolute Gasteiger partial charge is 0.257 e. The molecule has 0 amide bonds.